The number of rotatable bonds is 0. The maximum absolute atomic E-state index is 9.37. The zero-order valence-corrected chi connectivity index (χ0v) is 67.9. The van der Waals surface area contributed by atoms with E-state index < -0.39 is 48.5 Å². The number of hydrogen-bond donors (Lipinski definition) is 5. The largest absolute Gasteiger partial charge is 0.724 e. The predicted molar refractivity (Wildman–Crippen MR) is 294 cm³/mol. The molecule has 0 rings (SSSR count). The van der Waals surface area contributed by atoms with Crippen molar-refractivity contribution < 1.29 is 348 Å². The summed E-state index contributed by atoms with van der Waals surface area (Å²) in [6, 6.07) is -2.98. The van der Waals surface area contributed by atoms with Gasteiger partial charge in [-0.2, -0.15) is 0 Å². The van der Waals surface area contributed by atoms with Crippen molar-refractivity contribution in [3.05, 3.63) is 93.2 Å². The van der Waals surface area contributed by atoms with Crippen molar-refractivity contribution >= 4 is 85.0 Å². The molecule has 480 valence electrons. The molecule has 14 N–H and O–H groups in total. The van der Waals surface area contributed by atoms with Crippen molar-refractivity contribution in [1.29, 1.82) is 0 Å². The molecule has 82 heavy (non-hydrogen) atoms. The van der Waals surface area contributed by atoms with Gasteiger partial charge in [0.2, 0.25) is 24.4 Å². The van der Waals surface area contributed by atoms with Crippen molar-refractivity contribution in [2.24, 2.45) is 5.73 Å². The normalized spacial score (nSPS) is 4.10. The molecule has 0 heterocycles. The van der Waals surface area contributed by atoms with Crippen LogP contribution in [0.2, 0.25) is 0 Å². The smallest absolute Gasteiger partial charge is 0.226 e. The number of nitrogens with zero attached hydrogens (tertiary/aromatic N) is 6. The molecule has 0 saturated carbocycles. The van der Waals surface area contributed by atoms with E-state index in [2.05, 4.69) is 45.9 Å². The quantitative estimate of drug-likeness (QED) is 0.0651. The van der Waals surface area contributed by atoms with E-state index in [1.165, 1.54) is 35.2 Å². The summed E-state index contributed by atoms with van der Waals surface area (Å²) in [5.41, 5.74) is 52.7. The predicted octanol–water partition coefficient (Wildman–Crippen LogP) is 11.4. The number of hydrogen-bond acceptors (Lipinski definition) is 19. The summed E-state index contributed by atoms with van der Waals surface area (Å²) in [4.78, 5) is 124. The van der Waals surface area contributed by atoms with E-state index in [0.717, 1.165) is 28.4 Å². The Morgan fingerprint density at radius 2 is 0.329 bits per heavy atom. The van der Waals surface area contributed by atoms with Crippen LogP contribution in [-0.2, 0) is 309 Å². The second-order valence-electron chi connectivity index (χ2n) is 4.83. The number of isocyanates is 6. The van der Waals surface area contributed by atoms with Gasteiger partial charge in [-0.25, -0.2) is 0 Å². The first-order valence-electron chi connectivity index (χ1n) is 15.2. The Morgan fingerprint density at radius 1 is 0.305 bits per heavy atom. The molecule has 0 unspecified atom stereocenters. The van der Waals surface area contributed by atoms with Crippen LogP contribution in [0.3, 0.4) is 0 Å². The molecule has 0 aliphatic rings. The molecule has 0 spiro atoms. The second-order valence-corrected chi connectivity index (χ2v) is 4.83. The minimum absolute atomic E-state index is 0. The molecule has 0 atom stereocenters. The third-order valence-electron chi connectivity index (χ3n) is 1.65. The van der Waals surface area contributed by atoms with Crippen LogP contribution >= 0.6 is 0 Å². The van der Waals surface area contributed by atoms with Crippen molar-refractivity contribution in [2.45, 2.75) is 86.1 Å². The van der Waals surface area contributed by atoms with E-state index >= 15 is 0 Å². The molecule has 0 aromatic carbocycles. The third kappa shape index (κ3) is 2090. The van der Waals surface area contributed by atoms with Gasteiger partial charge in [-0.05, 0) is 43.5 Å². The van der Waals surface area contributed by atoms with Crippen LogP contribution in [0.4, 0.5) is 38.4 Å². The van der Waals surface area contributed by atoms with Gasteiger partial charge in [-0.15, -0.1) is 0 Å². The summed E-state index contributed by atoms with van der Waals surface area (Å²) >= 11 is 0. The van der Waals surface area contributed by atoms with E-state index in [0.29, 0.717) is 36.5 Å². The molecular formula is C37H89N19O18Y8-16. The van der Waals surface area contributed by atoms with Crippen molar-refractivity contribution in [2.75, 3.05) is 63.7 Å². The molecule has 12 amide bonds. The van der Waals surface area contributed by atoms with Gasteiger partial charge in [0.05, 0.1) is 28.4 Å². The Balaban J connectivity index is -0.00000000926. The first-order valence-corrected chi connectivity index (χ1v) is 15.2. The number of nitrogens with one attached hydrogen (secondary N) is 12. The zero-order valence-electron chi connectivity index (χ0n) is 45.2. The number of amides is 12. The summed E-state index contributed by atoms with van der Waals surface area (Å²) in [5.74, 6) is 0. The Bertz CT molecular complexity index is 996. The van der Waals surface area contributed by atoms with E-state index in [9.17, 15) is 38.4 Å². The average Bonchev–Trinajstić information content (AvgIpc) is 3.29. The molecule has 0 saturated heterocycles. The van der Waals surface area contributed by atoms with Crippen LogP contribution in [-0.4, -0.2) is 149 Å². The number of urea groups is 4. The van der Waals surface area contributed by atoms with Crippen LogP contribution in [0.25, 0.3) is 78.3 Å². The van der Waals surface area contributed by atoms with Gasteiger partial charge in [-0.3, -0.25) is 67.1 Å². The Kier molecular flexibility index (Phi) is 1040. The van der Waals surface area contributed by atoms with Gasteiger partial charge >= 0.3 is 0 Å². The zero-order chi connectivity index (χ0) is 58.5. The number of methoxy groups -OCH3 is 4. The van der Waals surface area contributed by atoms with Gasteiger partial charge in [0.15, 0.2) is 0 Å². The Morgan fingerprint density at radius 3 is 0.329 bits per heavy atom. The molecule has 0 aromatic rings. The topological polar surface area (TPSA) is 674 Å². The fraction of sp³-hybridized carbons (Fsp3) is 0.568. The van der Waals surface area contributed by atoms with Crippen LogP contribution < -0.4 is 27.0 Å². The number of nitrogens with two attached hydrogens (primary N) is 1. The van der Waals surface area contributed by atoms with E-state index in [4.69, 9.17) is 107 Å². The Labute approximate surface area is 691 Å². The fourth-order valence-corrected chi connectivity index (χ4v) is 0. The first kappa shape index (κ1) is 234. The minimum Gasteiger partial charge on any atom is -0.724 e. The monoisotopic (exact) mass is 1800 g/mol. The molecule has 0 fully saturated rings. The maximum atomic E-state index is 9.37. The summed E-state index contributed by atoms with van der Waals surface area (Å²) in [6.45, 7) is 12.0. The SMILES string of the molecule is C.C.C.C.C.C.CC.CC.CC.CN.CNC([NH-])=O.CNC([NH-])=O.CNC([NH-])=O.CNC([NH-])=O.COC([NH-])=O.COC([NH-])=O.COC([NH-])=O.COC([NH-])=O.[CH3-].[CH3-].[N-]=C=O.[N-]=C=O.[N-]=C=O.[N-]=C=O.[N-]=C=O.[N-]=C=O.[Y].[Y].[Y].[Y].[Y].[Y].[Y].[Y]. The van der Waals surface area contributed by atoms with E-state index in [-0.39, 0.29) is 321 Å². The summed E-state index contributed by atoms with van der Waals surface area (Å²) in [5, 5.41) is 48.8. The number of carbonyl (C=O) groups excluding carboxylic acids is 14. The summed E-state index contributed by atoms with van der Waals surface area (Å²) in [6.07, 6.45) is -0.981. The van der Waals surface area contributed by atoms with Crippen LogP contribution in [0, 0.1) is 14.9 Å². The van der Waals surface area contributed by atoms with Crippen LogP contribution in [0.5, 0.6) is 0 Å². The van der Waals surface area contributed by atoms with Crippen molar-refractivity contribution in [3.63, 3.8) is 0 Å². The van der Waals surface area contributed by atoms with Gasteiger partial charge in [0.1, 0.15) is 24.1 Å². The molecule has 0 aromatic heterocycles. The maximum Gasteiger partial charge on any atom is 0.226 e. The van der Waals surface area contributed by atoms with Crippen molar-refractivity contribution in [1.82, 2.24) is 21.3 Å². The third-order valence-corrected chi connectivity index (χ3v) is 1.65. The molecule has 0 aliphatic carbocycles. The van der Waals surface area contributed by atoms with Gasteiger partial charge in [0, 0.05) is 262 Å². The first-order chi connectivity index (χ1) is 30.6. The second kappa shape index (κ2) is 363. The standard InChI is InChI=1S/4C2H6N2O.4C2H5NO2.3C2H6.6CNO.CH5N.6CH4.2CH3.8Y/c4*1-4-2(3)5;4*1-5-2(3)4;3*1-2;6*2-1-3;1-2;;;;;;;;;;;;;;;;/h4*1H3,(H3,3,4,5);4*1H3,(H2,3,4);3*1-2H3;;;;;;;2H2,1H3;6*1H4;2*1H3;;;;;;;;/q;;;;;;;;;;;6*-1;;;;;;;;2*-1;;;;;;;;/p-8. The summed E-state index contributed by atoms with van der Waals surface area (Å²) in [7, 11) is 11.8. The molecule has 8 radical (unpaired) electrons. The molecular weight excluding hydrogens is 1710 g/mol. The van der Waals surface area contributed by atoms with Gasteiger partial charge in [-0.1, -0.05) is 114 Å². The molecule has 45 heteroatoms. The van der Waals surface area contributed by atoms with E-state index in [1.807, 2.05) is 41.5 Å². The fourth-order valence-electron chi connectivity index (χ4n) is 0. The number of ether oxygens (including phenoxy) is 4. The Hall–Kier alpha value is -0.769. The van der Waals surface area contributed by atoms with Crippen LogP contribution in [0.1, 0.15) is 86.1 Å². The van der Waals surface area contributed by atoms with Gasteiger partial charge in [0.25, 0.3) is 0 Å². The van der Waals surface area contributed by atoms with E-state index in [1.54, 1.807) is 0 Å². The number of carbonyl (C=O) groups is 8. The molecule has 0 bridgehead atoms. The van der Waals surface area contributed by atoms with Gasteiger partial charge < -0.3 is 139 Å². The molecule has 0 aliphatic heterocycles. The average molecular weight is 1800 g/mol. The van der Waals surface area contributed by atoms with Crippen molar-refractivity contribution in [3.8, 4) is 0 Å². The summed E-state index contributed by atoms with van der Waals surface area (Å²) < 4.78 is 15.1. The van der Waals surface area contributed by atoms with Crippen LogP contribution in [0.15, 0.2) is 0 Å². The minimum atomic E-state index is -0.995. The molecule has 37 nitrogen and oxygen atoms in total.